The zero-order chi connectivity index (χ0) is 22.1. The van der Waals surface area contributed by atoms with Crippen molar-refractivity contribution < 1.29 is 19.0 Å². The number of nitrogens with zero attached hydrogens (tertiary/aromatic N) is 2. The van der Waals surface area contributed by atoms with Crippen molar-refractivity contribution in [3.63, 3.8) is 0 Å². The molecule has 0 fully saturated rings. The van der Waals surface area contributed by atoms with Gasteiger partial charge in [-0.25, -0.2) is 14.2 Å². The van der Waals surface area contributed by atoms with Gasteiger partial charge in [0.15, 0.2) is 4.80 Å². The van der Waals surface area contributed by atoms with E-state index in [2.05, 4.69) is 4.99 Å². The lowest BCUT2D eigenvalue weighted by atomic mass is 9.96. The number of allylic oxidation sites excluding steroid dienone is 1. The van der Waals surface area contributed by atoms with E-state index in [9.17, 15) is 19.1 Å². The van der Waals surface area contributed by atoms with Gasteiger partial charge in [-0.2, -0.15) is 0 Å². The zero-order valence-corrected chi connectivity index (χ0v) is 17.6. The monoisotopic (exact) mass is 438 g/mol. The second-order valence-electron chi connectivity index (χ2n) is 6.91. The number of phenols is 1. The van der Waals surface area contributed by atoms with Crippen LogP contribution in [0.1, 0.15) is 31.0 Å². The maximum atomic E-state index is 13.5. The van der Waals surface area contributed by atoms with E-state index in [1.165, 1.54) is 34.9 Å². The summed E-state index contributed by atoms with van der Waals surface area (Å²) in [5.41, 5.74) is 1.36. The molecular weight excluding hydrogens is 419 g/mol. The van der Waals surface area contributed by atoms with E-state index >= 15 is 0 Å². The molecule has 8 heteroatoms. The van der Waals surface area contributed by atoms with Gasteiger partial charge < -0.3 is 9.84 Å². The first-order valence-electron chi connectivity index (χ1n) is 9.64. The molecule has 0 bridgehead atoms. The Bertz CT molecular complexity index is 1370. The summed E-state index contributed by atoms with van der Waals surface area (Å²) in [6.45, 7) is 3.55. The molecule has 1 atom stereocenters. The molecule has 158 valence electrons. The Hall–Kier alpha value is -3.52. The highest BCUT2D eigenvalue weighted by atomic mass is 32.1. The Kier molecular flexibility index (Phi) is 5.56. The molecule has 2 aromatic carbocycles. The number of rotatable bonds is 4. The van der Waals surface area contributed by atoms with Crippen LogP contribution in [-0.2, 0) is 9.53 Å². The van der Waals surface area contributed by atoms with Crippen molar-refractivity contribution in [2.45, 2.75) is 19.9 Å². The summed E-state index contributed by atoms with van der Waals surface area (Å²) >= 11 is 1.15. The maximum Gasteiger partial charge on any atom is 0.338 e. The number of halogens is 1. The predicted molar refractivity (Wildman–Crippen MR) is 115 cm³/mol. The quantitative estimate of drug-likeness (QED) is 0.635. The van der Waals surface area contributed by atoms with Crippen molar-refractivity contribution in [2.24, 2.45) is 4.99 Å². The van der Waals surface area contributed by atoms with Gasteiger partial charge in [-0.1, -0.05) is 41.7 Å². The van der Waals surface area contributed by atoms with E-state index in [0.717, 1.165) is 11.3 Å². The topological polar surface area (TPSA) is 80.9 Å². The third-order valence-corrected chi connectivity index (χ3v) is 5.91. The van der Waals surface area contributed by atoms with Crippen LogP contribution in [0.2, 0.25) is 0 Å². The Balaban J connectivity index is 1.97. The normalized spacial score (nSPS) is 16.1. The minimum absolute atomic E-state index is 0.0480. The highest BCUT2D eigenvalue weighted by Gasteiger charge is 2.33. The van der Waals surface area contributed by atoms with Crippen molar-refractivity contribution in [2.75, 3.05) is 6.61 Å². The summed E-state index contributed by atoms with van der Waals surface area (Å²) in [5, 5.41) is 10.1. The van der Waals surface area contributed by atoms with Gasteiger partial charge in [-0.3, -0.25) is 9.36 Å². The number of benzene rings is 2. The fraction of sp³-hybridized carbons (Fsp3) is 0.174. The fourth-order valence-corrected chi connectivity index (χ4v) is 4.54. The Morgan fingerprint density at radius 2 is 1.97 bits per heavy atom. The van der Waals surface area contributed by atoms with Crippen molar-refractivity contribution >= 4 is 23.4 Å². The molecule has 0 saturated heterocycles. The van der Waals surface area contributed by atoms with Crippen LogP contribution < -0.4 is 14.9 Å². The molecule has 0 radical (unpaired) electrons. The first-order chi connectivity index (χ1) is 14.9. The Morgan fingerprint density at radius 3 is 2.65 bits per heavy atom. The third kappa shape index (κ3) is 3.82. The summed E-state index contributed by atoms with van der Waals surface area (Å²) < 4.78 is 20.5. The number of thiazole rings is 1. The lowest BCUT2D eigenvalue weighted by Gasteiger charge is -2.24. The molecule has 1 aromatic heterocycles. The number of esters is 1. The second-order valence-corrected chi connectivity index (χ2v) is 7.92. The van der Waals surface area contributed by atoms with Gasteiger partial charge in [0.2, 0.25) is 0 Å². The molecule has 3 aromatic rings. The highest BCUT2D eigenvalue weighted by Crippen LogP contribution is 2.30. The van der Waals surface area contributed by atoms with E-state index in [1.807, 2.05) is 0 Å². The number of hydrogen-bond donors (Lipinski definition) is 1. The van der Waals surface area contributed by atoms with E-state index < -0.39 is 17.8 Å². The van der Waals surface area contributed by atoms with Gasteiger partial charge in [0.25, 0.3) is 5.56 Å². The molecule has 4 rings (SSSR count). The standard InChI is InChI=1S/C23H19FN2O4S/c1-3-30-22(29)19-13(2)25-23-26(20(19)14-8-10-16(24)11-9-14)21(28)18(31-23)12-15-6-4-5-7-17(15)27/h4-12,20,27H,3H2,1-2H3/b18-12+/t20-/m0/s1. The van der Waals surface area contributed by atoms with Gasteiger partial charge >= 0.3 is 5.97 Å². The predicted octanol–water partition coefficient (Wildman–Crippen LogP) is 2.64. The van der Waals surface area contributed by atoms with Crippen molar-refractivity contribution in [3.05, 3.63) is 96.4 Å². The van der Waals surface area contributed by atoms with E-state index in [1.54, 1.807) is 38.1 Å². The molecule has 0 aliphatic carbocycles. The summed E-state index contributed by atoms with van der Waals surface area (Å²) in [4.78, 5) is 31.0. The molecule has 0 unspecified atom stereocenters. The van der Waals surface area contributed by atoms with E-state index in [-0.39, 0.29) is 23.5 Å². The molecule has 0 saturated carbocycles. The van der Waals surface area contributed by atoms with Crippen LogP contribution in [0, 0.1) is 5.82 Å². The number of fused-ring (bicyclic) bond motifs is 1. The summed E-state index contributed by atoms with van der Waals surface area (Å²) in [6.07, 6.45) is 1.59. The average Bonchev–Trinajstić information content (AvgIpc) is 3.04. The molecule has 6 nitrogen and oxygen atoms in total. The summed E-state index contributed by atoms with van der Waals surface area (Å²) in [5.74, 6) is -0.950. The van der Waals surface area contributed by atoms with Crippen LogP contribution in [0.5, 0.6) is 5.75 Å². The number of para-hydroxylation sites is 1. The van der Waals surface area contributed by atoms with Gasteiger partial charge in [0.1, 0.15) is 11.6 Å². The Labute approximate surface area is 180 Å². The first kappa shape index (κ1) is 20.7. The number of aromatic hydroxyl groups is 1. The fourth-order valence-electron chi connectivity index (χ4n) is 3.50. The first-order valence-corrected chi connectivity index (χ1v) is 10.5. The van der Waals surface area contributed by atoms with E-state index in [0.29, 0.717) is 26.2 Å². The number of ether oxygens (including phenoxy) is 1. The number of aromatic nitrogens is 1. The van der Waals surface area contributed by atoms with E-state index in [4.69, 9.17) is 4.74 Å². The number of phenolic OH excluding ortho intramolecular Hbond substituents is 1. The minimum atomic E-state index is -0.803. The second kappa shape index (κ2) is 8.31. The van der Waals surface area contributed by atoms with Gasteiger partial charge in [0.05, 0.1) is 28.5 Å². The minimum Gasteiger partial charge on any atom is -0.507 e. The molecule has 1 aliphatic heterocycles. The largest absolute Gasteiger partial charge is 0.507 e. The molecular formula is C23H19FN2O4S. The zero-order valence-electron chi connectivity index (χ0n) is 16.8. The van der Waals surface area contributed by atoms with Crippen molar-refractivity contribution in [1.82, 2.24) is 4.57 Å². The van der Waals surface area contributed by atoms with Crippen molar-refractivity contribution in [3.8, 4) is 5.75 Å². The molecule has 0 spiro atoms. The molecule has 31 heavy (non-hydrogen) atoms. The third-order valence-electron chi connectivity index (χ3n) is 4.93. The molecule has 1 N–H and O–H groups in total. The molecule has 2 heterocycles. The number of carbonyl (C=O) groups excluding carboxylic acids is 1. The maximum absolute atomic E-state index is 13.5. The smallest absolute Gasteiger partial charge is 0.338 e. The van der Waals surface area contributed by atoms with Gasteiger partial charge in [-0.05, 0) is 43.7 Å². The lowest BCUT2D eigenvalue weighted by molar-refractivity contribution is -0.139. The average molecular weight is 438 g/mol. The molecule has 0 amide bonds. The van der Waals surface area contributed by atoms with Crippen molar-refractivity contribution in [1.29, 1.82) is 0 Å². The number of carbonyl (C=O) groups is 1. The van der Waals surface area contributed by atoms with Crippen LogP contribution in [0.3, 0.4) is 0 Å². The summed E-state index contributed by atoms with van der Waals surface area (Å²) in [6, 6.07) is 11.5. The Morgan fingerprint density at radius 1 is 1.26 bits per heavy atom. The van der Waals surface area contributed by atoms with Crippen LogP contribution in [0.15, 0.2) is 69.6 Å². The molecule has 1 aliphatic rings. The SMILES string of the molecule is CCOC(=O)C1=C(C)N=c2s/c(=C/c3ccccc3O)c(=O)n2[C@H]1c1ccc(F)cc1. The summed E-state index contributed by atoms with van der Waals surface area (Å²) in [7, 11) is 0. The van der Waals surface area contributed by atoms with Gasteiger partial charge in [-0.15, -0.1) is 0 Å². The van der Waals surface area contributed by atoms with Gasteiger partial charge in [0, 0.05) is 5.56 Å². The lowest BCUT2D eigenvalue weighted by Crippen LogP contribution is -2.39. The van der Waals surface area contributed by atoms with Crippen LogP contribution in [0.25, 0.3) is 6.08 Å². The van der Waals surface area contributed by atoms with Crippen LogP contribution in [-0.4, -0.2) is 22.2 Å². The van der Waals surface area contributed by atoms with Crippen LogP contribution in [0.4, 0.5) is 4.39 Å². The van der Waals surface area contributed by atoms with Crippen LogP contribution >= 0.6 is 11.3 Å². The highest BCUT2D eigenvalue weighted by molar-refractivity contribution is 7.07. The number of hydrogen-bond acceptors (Lipinski definition) is 6.